The number of amides is 1. The van der Waals surface area contributed by atoms with Gasteiger partial charge in [-0.05, 0) is 42.0 Å². The molecule has 3 aromatic carbocycles. The zero-order valence-corrected chi connectivity index (χ0v) is 24.2. The summed E-state index contributed by atoms with van der Waals surface area (Å²) >= 11 is 0. The van der Waals surface area contributed by atoms with Gasteiger partial charge in [0.25, 0.3) is 0 Å². The Balaban J connectivity index is 1.66. The van der Waals surface area contributed by atoms with Gasteiger partial charge in [0.15, 0.2) is 0 Å². The highest BCUT2D eigenvalue weighted by atomic mass is 32.2. The van der Waals surface area contributed by atoms with Crippen LogP contribution >= 0.6 is 0 Å². The lowest BCUT2D eigenvalue weighted by Crippen LogP contribution is -2.62. The van der Waals surface area contributed by atoms with Crippen LogP contribution in [0.3, 0.4) is 0 Å². The highest BCUT2D eigenvalue weighted by molar-refractivity contribution is 7.89. The van der Waals surface area contributed by atoms with E-state index in [9.17, 15) is 26.4 Å². The van der Waals surface area contributed by atoms with Crippen molar-refractivity contribution >= 4 is 31.9 Å². The zero-order valence-electron chi connectivity index (χ0n) is 22.5. The van der Waals surface area contributed by atoms with Crippen molar-refractivity contribution in [2.75, 3.05) is 33.9 Å². The minimum atomic E-state index is -4.20. The van der Waals surface area contributed by atoms with E-state index in [1.54, 1.807) is 60.7 Å². The average molecular weight is 602 g/mol. The van der Waals surface area contributed by atoms with Crippen molar-refractivity contribution < 1.29 is 35.9 Å². The molecule has 0 aliphatic carbocycles. The number of sulfonamides is 2. The quantitative estimate of drug-likeness (QED) is 0.346. The number of nitrogens with zero attached hydrogens (tertiary/aromatic N) is 2. The molecule has 0 saturated carbocycles. The molecular formula is C28H31N3O8S2. The van der Waals surface area contributed by atoms with E-state index in [2.05, 4.69) is 5.32 Å². The third-order valence-corrected chi connectivity index (χ3v) is 10.5. The first-order valence-corrected chi connectivity index (χ1v) is 15.6. The number of nitrogens with one attached hydrogen (secondary N) is 1. The van der Waals surface area contributed by atoms with Crippen molar-refractivity contribution in [2.45, 2.75) is 28.3 Å². The van der Waals surface area contributed by atoms with Gasteiger partial charge in [-0.1, -0.05) is 48.5 Å². The van der Waals surface area contributed by atoms with Gasteiger partial charge in [-0.3, -0.25) is 4.79 Å². The van der Waals surface area contributed by atoms with Crippen LogP contribution in [0.15, 0.2) is 94.7 Å². The van der Waals surface area contributed by atoms with Gasteiger partial charge in [0.05, 0.1) is 24.0 Å². The Bertz CT molecular complexity index is 1570. The standard InChI is InChI=1S/C28H31N3O8S2/c1-38-22-15-13-21(14-16-22)19-25(28(33)39-2)29-27(32)26-20-30(40(34,35)23-9-5-3-6-10-23)17-18-31(26)41(36,37)24-11-7-4-8-12-24/h3-16,25-26H,17-20H2,1-2H3,(H,29,32)/t25-,26+/m0/s1. The maximum absolute atomic E-state index is 13.8. The van der Waals surface area contributed by atoms with Gasteiger partial charge in [-0.2, -0.15) is 8.61 Å². The van der Waals surface area contributed by atoms with Gasteiger partial charge in [-0.25, -0.2) is 21.6 Å². The Morgan fingerprint density at radius 3 is 1.93 bits per heavy atom. The van der Waals surface area contributed by atoms with Crippen molar-refractivity contribution in [3.05, 3.63) is 90.5 Å². The molecule has 1 heterocycles. The number of methoxy groups -OCH3 is 2. The first kappa shape index (κ1) is 30.2. The molecule has 1 aliphatic heterocycles. The van der Waals surface area contributed by atoms with Crippen LogP contribution in [0, 0.1) is 0 Å². The van der Waals surface area contributed by atoms with E-state index in [1.165, 1.54) is 38.5 Å². The predicted molar refractivity (Wildman–Crippen MR) is 150 cm³/mol. The Labute approximate surface area is 239 Å². The van der Waals surface area contributed by atoms with Crippen LogP contribution in [-0.4, -0.2) is 83.3 Å². The van der Waals surface area contributed by atoms with Crippen LogP contribution in [0.1, 0.15) is 5.56 Å². The van der Waals surface area contributed by atoms with Gasteiger partial charge in [-0.15, -0.1) is 0 Å². The largest absolute Gasteiger partial charge is 0.497 e. The van der Waals surface area contributed by atoms with Crippen molar-refractivity contribution in [1.82, 2.24) is 13.9 Å². The molecule has 11 nitrogen and oxygen atoms in total. The summed E-state index contributed by atoms with van der Waals surface area (Å²) in [6.07, 6.45) is 0.0482. The summed E-state index contributed by atoms with van der Waals surface area (Å²) in [5.74, 6) is -0.964. The molecule has 3 aromatic rings. The summed E-state index contributed by atoms with van der Waals surface area (Å²) in [6, 6.07) is 19.5. The highest BCUT2D eigenvalue weighted by Gasteiger charge is 2.44. The summed E-state index contributed by atoms with van der Waals surface area (Å²) in [7, 11) is -5.54. The molecule has 2 atom stereocenters. The highest BCUT2D eigenvalue weighted by Crippen LogP contribution is 2.26. The molecule has 0 bridgehead atoms. The van der Waals surface area contributed by atoms with Gasteiger partial charge in [0.1, 0.15) is 17.8 Å². The molecule has 13 heteroatoms. The lowest BCUT2D eigenvalue weighted by molar-refractivity contribution is -0.145. The van der Waals surface area contributed by atoms with Crippen LogP contribution in [0.2, 0.25) is 0 Å². The SMILES string of the molecule is COC(=O)[C@H](Cc1ccc(OC)cc1)NC(=O)[C@H]1CN(S(=O)(=O)c2ccccc2)CCN1S(=O)(=O)c1ccccc1. The molecule has 1 fully saturated rings. The van der Waals surface area contributed by atoms with Crippen molar-refractivity contribution in [1.29, 1.82) is 0 Å². The van der Waals surface area contributed by atoms with Gasteiger partial charge >= 0.3 is 5.97 Å². The summed E-state index contributed by atoms with van der Waals surface area (Å²) < 4.78 is 66.2. The van der Waals surface area contributed by atoms with E-state index in [1.807, 2.05) is 0 Å². The van der Waals surface area contributed by atoms with E-state index in [0.29, 0.717) is 11.3 Å². The fraction of sp³-hybridized carbons (Fsp3) is 0.286. The number of hydrogen-bond acceptors (Lipinski definition) is 8. The molecule has 1 amide bonds. The first-order chi connectivity index (χ1) is 19.6. The van der Waals surface area contributed by atoms with E-state index in [0.717, 1.165) is 8.61 Å². The molecule has 0 unspecified atom stereocenters. The molecule has 1 N–H and O–H groups in total. The van der Waals surface area contributed by atoms with E-state index < -0.39 is 50.6 Å². The van der Waals surface area contributed by atoms with E-state index in [4.69, 9.17) is 9.47 Å². The molecule has 1 saturated heterocycles. The van der Waals surface area contributed by atoms with Crippen LogP contribution in [0.5, 0.6) is 5.75 Å². The summed E-state index contributed by atoms with van der Waals surface area (Å²) in [5.41, 5.74) is 0.687. The zero-order chi connectivity index (χ0) is 29.6. The topological polar surface area (TPSA) is 139 Å². The van der Waals surface area contributed by atoms with Crippen molar-refractivity contribution in [2.24, 2.45) is 0 Å². The molecule has 0 spiro atoms. The average Bonchev–Trinajstić information content (AvgIpc) is 3.01. The fourth-order valence-electron chi connectivity index (χ4n) is 4.53. The number of esters is 1. The summed E-state index contributed by atoms with van der Waals surface area (Å²) in [6.45, 7) is -0.895. The molecular weight excluding hydrogens is 570 g/mol. The maximum atomic E-state index is 13.8. The van der Waals surface area contributed by atoms with Gasteiger partial charge < -0.3 is 14.8 Å². The van der Waals surface area contributed by atoms with Crippen molar-refractivity contribution in [3.8, 4) is 5.75 Å². The lowest BCUT2D eigenvalue weighted by Gasteiger charge is -2.39. The fourth-order valence-corrected chi connectivity index (χ4v) is 7.58. The minimum Gasteiger partial charge on any atom is -0.497 e. The van der Waals surface area contributed by atoms with Gasteiger partial charge in [0.2, 0.25) is 26.0 Å². The van der Waals surface area contributed by atoms with Crippen LogP contribution < -0.4 is 10.1 Å². The number of carbonyl (C=O) groups excluding carboxylic acids is 2. The second kappa shape index (κ2) is 12.8. The number of ether oxygens (including phenoxy) is 2. The second-order valence-corrected chi connectivity index (χ2v) is 13.1. The minimum absolute atomic E-state index is 0.0190. The summed E-state index contributed by atoms with van der Waals surface area (Å²) in [4.78, 5) is 26.4. The normalized spacial score (nSPS) is 17.4. The van der Waals surface area contributed by atoms with Crippen LogP contribution in [-0.2, 0) is 40.8 Å². The first-order valence-electron chi connectivity index (χ1n) is 12.7. The van der Waals surface area contributed by atoms with Gasteiger partial charge in [0, 0.05) is 26.1 Å². The van der Waals surface area contributed by atoms with Crippen LogP contribution in [0.4, 0.5) is 0 Å². The monoisotopic (exact) mass is 601 g/mol. The Kier molecular flexibility index (Phi) is 9.43. The molecule has 41 heavy (non-hydrogen) atoms. The molecule has 218 valence electrons. The number of piperazine rings is 1. The molecule has 4 rings (SSSR count). The Morgan fingerprint density at radius 2 is 1.39 bits per heavy atom. The van der Waals surface area contributed by atoms with E-state index in [-0.39, 0.29) is 29.3 Å². The number of rotatable bonds is 10. The maximum Gasteiger partial charge on any atom is 0.328 e. The Hall–Kier alpha value is -3.78. The number of benzene rings is 3. The van der Waals surface area contributed by atoms with Crippen LogP contribution in [0.25, 0.3) is 0 Å². The number of carbonyl (C=O) groups is 2. The lowest BCUT2D eigenvalue weighted by atomic mass is 10.0. The molecule has 0 radical (unpaired) electrons. The predicted octanol–water partition coefficient (Wildman–Crippen LogP) is 1.66. The smallest absolute Gasteiger partial charge is 0.328 e. The second-order valence-electron chi connectivity index (χ2n) is 9.26. The Morgan fingerprint density at radius 1 is 0.829 bits per heavy atom. The number of hydrogen-bond donors (Lipinski definition) is 1. The van der Waals surface area contributed by atoms with Crippen molar-refractivity contribution in [3.63, 3.8) is 0 Å². The third-order valence-electron chi connectivity index (χ3n) is 6.73. The summed E-state index contributed by atoms with van der Waals surface area (Å²) in [5, 5.41) is 2.61. The molecule has 0 aromatic heterocycles. The molecule has 1 aliphatic rings. The third kappa shape index (κ3) is 6.76. The van der Waals surface area contributed by atoms with E-state index >= 15 is 0 Å².